The standard InChI is InChI=1S/C7H7O.Co/c1-6(8)7-4-2-3-5-7;/h2,4H,3H2,1H3;. The van der Waals surface area contributed by atoms with E-state index in [0.29, 0.717) is 0 Å². The van der Waals surface area contributed by atoms with Gasteiger partial charge in [0, 0.05) is 0 Å². The van der Waals surface area contributed by atoms with Crippen molar-refractivity contribution in [2.75, 3.05) is 0 Å². The van der Waals surface area contributed by atoms with Crippen molar-refractivity contribution in [2.45, 2.75) is 13.3 Å². The second-order valence-corrected chi connectivity index (χ2v) is 2.58. The molecule has 0 unspecified atom stereocenters. The monoisotopic (exact) mass is 166 g/mol. The topological polar surface area (TPSA) is 17.1 Å². The van der Waals surface area contributed by atoms with E-state index in [4.69, 9.17) is 0 Å². The summed E-state index contributed by atoms with van der Waals surface area (Å²) in [5, 5.41) is 0. The van der Waals surface area contributed by atoms with Crippen LogP contribution in [-0.4, -0.2) is 5.78 Å². The summed E-state index contributed by atoms with van der Waals surface area (Å²) in [6.45, 7) is 1.56. The number of hydrogen-bond donors (Lipinski definition) is 0. The average Bonchev–Trinajstić information content (AvgIpc) is 2.13. The van der Waals surface area contributed by atoms with Crippen LogP contribution in [0.15, 0.2) is 22.2 Å². The number of hydrogen-bond acceptors (Lipinski definition) is 1. The third-order valence-corrected chi connectivity index (χ3v) is 1.72. The Kier molecular flexibility index (Phi) is 1.88. The van der Waals surface area contributed by atoms with Gasteiger partial charge >= 0.3 is 61.9 Å². The van der Waals surface area contributed by atoms with Crippen LogP contribution in [0.5, 0.6) is 0 Å². The van der Waals surface area contributed by atoms with Gasteiger partial charge < -0.3 is 0 Å². The number of ketones is 1. The molecule has 0 bridgehead atoms. The van der Waals surface area contributed by atoms with E-state index in [-0.39, 0.29) is 5.78 Å². The van der Waals surface area contributed by atoms with Gasteiger partial charge in [0.05, 0.1) is 0 Å². The van der Waals surface area contributed by atoms with E-state index in [0.717, 1.165) is 16.5 Å². The van der Waals surface area contributed by atoms with Crippen LogP contribution < -0.4 is 0 Å². The zero-order valence-electron chi connectivity index (χ0n) is 5.10. The molecule has 0 aromatic heterocycles. The van der Waals surface area contributed by atoms with Gasteiger partial charge in [-0.25, -0.2) is 0 Å². The van der Waals surface area contributed by atoms with Gasteiger partial charge in [-0.15, -0.1) is 0 Å². The molecule has 0 aromatic rings. The molecule has 0 heterocycles. The molecular formula is C7H7CoO. The number of Topliss-reactive ketones (excluding diaryl/α,β-unsaturated/α-hetero) is 1. The molecule has 1 aliphatic carbocycles. The van der Waals surface area contributed by atoms with Crippen LogP contribution in [-0.2, 0) is 20.5 Å². The maximum atomic E-state index is 10.7. The zero-order chi connectivity index (χ0) is 6.85. The second kappa shape index (κ2) is 2.50. The first kappa shape index (κ1) is 6.77. The van der Waals surface area contributed by atoms with Crippen molar-refractivity contribution in [2.24, 2.45) is 0 Å². The maximum absolute atomic E-state index is 10.7. The molecule has 2 heteroatoms. The van der Waals surface area contributed by atoms with E-state index >= 15 is 0 Å². The van der Waals surface area contributed by atoms with Crippen molar-refractivity contribution < 1.29 is 20.5 Å². The van der Waals surface area contributed by atoms with E-state index in [1.54, 1.807) is 6.92 Å². The van der Waals surface area contributed by atoms with Crippen LogP contribution in [0.1, 0.15) is 13.3 Å². The van der Waals surface area contributed by atoms with Crippen molar-refractivity contribution in [3.05, 3.63) is 22.2 Å². The third-order valence-electron chi connectivity index (χ3n) is 1.23. The predicted octanol–water partition coefficient (Wildman–Crippen LogP) is 1.34. The summed E-state index contributed by atoms with van der Waals surface area (Å²) in [7, 11) is 0. The Hall–Kier alpha value is -0.344. The molecule has 1 aliphatic rings. The number of carbonyl (C=O) groups is 1. The van der Waals surface area contributed by atoms with E-state index in [1.807, 2.05) is 12.2 Å². The molecule has 0 saturated heterocycles. The number of allylic oxidation sites excluding steroid dienone is 4. The fraction of sp³-hybridized carbons (Fsp3) is 0.286. The Morgan fingerprint density at radius 2 is 2.44 bits per heavy atom. The quantitative estimate of drug-likeness (QED) is 0.574. The van der Waals surface area contributed by atoms with Crippen molar-refractivity contribution in [1.29, 1.82) is 0 Å². The molecule has 1 nitrogen and oxygen atoms in total. The first-order valence-electron chi connectivity index (χ1n) is 2.75. The van der Waals surface area contributed by atoms with Gasteiger partial charge in [-0.05, 0) is 0 Å². The summed E-state index contributed by atoms with van der Waals surface area (Å²) in [5.41, 5.74) is 0.759. The van der Waals surface area contributed by atoms with Crippen molar-refractivity contribution in [3.63, 3.8) is 0 Å². The Balaban J connectivity index is 2.89. The molecule has 0 saturated carbocycles. The van der Waals surface area contributed by atoms with Gasteiger partial charge in [0.15, 0.2) is 0 Å². The summed E-state index contributed by atoms with van der Waals surface area (Å²) < 4.78 is 0.884. The normalized spacial score (nSPS) is 17.2. The molecule has 0 N–H and O–H groups in total. The molecule has 1 rings (SSSR count). The van der Waals surface area contributed by atoms with Crippen LogP contribution in [0.3, 0.4) is 0 Å². The number of rotatable bonds is 1. The second-order valence-electron chi connectivity index (χ2n) is 1.95. The number of carbonyl (C=O) groups excluding carboxylic acids is 1. The fourth-order valence-corrected chi connectivity index (χ4v) is 1.16. The molecule has 0 fully saturated rings. The molecule has 0 aromatic carbocycles. The van der Waals surface area contributed by atoms with E-state index in [9.17, 15) is 4.79 Å². The summed E-state index contributed by atoms with van der Waals surface area (Å²) in [4.78, 5) is 10.7. The molecule has 0 amide bonds. The first-order valence-corrected chi connectivity index (χ1v) is 3.28. The van der Waals surface area contributed by atoms with E-state index < -0.39 is 0 Å². The molecule has 0 radical (unpaired) electrons. The molecule has 0 atom stereocenters. The third kappa shape index (κ3) is 1.31. The predicted molar refractivity (Wildman–Crippen MR) is 31.5 cm³/mol. The molecule has 9 heavy (non-hydrogen) atoms. The van der Waals surface area contributed by atoms with Gasteiger partial charge in [0.2, 0.25) is 0 Å². The zero-order valence-corrected chi connectivity index (χ0v) is 6.14. The van der Waals surface area contributed by atoms with Gasteiger partial charge in [0.1, 0.15) is 0 Å². The van der Waals surface area contributed by atoms with Crippen molar-refractivity contribution in [1.82, 2.24) is 0 Å². The Labute approximate surface area is 62.4 Å². The minimum absolute atomic E-state index is 0.104. The molecule has 50 valence electrons. The van der Waals surface area contributed by atoms with Gasteiger partial charge in [-0.3, -0.25) is 0 Å². The van der Waals surface area contributed by atoms with Crippen LogP contribution in [0, 0.1) is 0 Å². The van der Waals surface area contributed by atoms with E-state index in [2.05, 4.69) is 15.7 Å². The van der Waals surface area contributed by atoms with Crippen LogP contribution in [0.2, 0.25) is 0 Å². The summed E-state index contributed by atoms with van der Waals surface area (Å²) in [6.07, 6.45) is 4.58. The summed E-state index contributed by atoms with van der Waals surface area (Å²) in [6, 6.07) is 0. The van der Waals surface area contributed by atoms with Gasteiger partial charge in [-0.2, -0.15) is 0 Å². The van der Waals surface area contributed by atoms with Gasteiger partial charge in [0.25, 0.3) is 0 Å². The van der Waals surface area contributed by atoms with E-state index in [1.165, 1.54) is 0 Å². The molecular weight excluding hydrogens is 159 g/mol. The van der Waals surface area contributed by atoms with Crippen molar-refractivity contribution >= 4 is 5.78 Å². The minimum atomic E-state index is 0.104. The average molecular weight is 166 g/mol. The van der Waals surface area contributed by atoms with Crippen LogP contribution in [0.4, 0.5) is 0 Å². The first-order chi connectivity index (χ1) is 4.22. The fourth-order valence-electron chi connectivity index (χ4n) is 0.772. The Morgan fingerprint density at radius 3 is 2.67 bits per heavy atom. The summed E-state index contributed by atoms with van der Waals surface area (Å²) >= 11 is 4.17. The van der Waals surface area contributed by atoms with Crippen LogP contribution in [0.25, 0.3) is 0 Å². The molecule has 0 aliphatic heterocycles. The van der Waals surface area contributed by atoms with Crippen LogP contribution >= 0.6 is 0 Å². The summed E-state index contributed by atoms with van der Waals surface area (Å²) in [5.74, 6) is 0.104. The SMILES string of the molecule is CC(=O)C1=[C]([Co])CC=C1. The molecule has 0 spiro atoms. The Bertz CT molecular complexity index is 201. The van der Waals surface area contributed by atoms with Crippen molar-refractivity contribution in [3.8, 4) is 0 Å². The van der Waals surface area contributed by atoms with Gasteiger partial charge in [-0.1, -0.05) is 0 Å². The Morgan fingerprint density at radius 1 is 1.78 bits per heavy atom.